The molecule has 0 saturated carbocycles. The second kappa shape index (κ2) is 21.8. The maximum Gasteiger partial charge on any atom is 0.243 e. The molecule has 5 aromatic rings. The molecule has 4 amide bonds. The van der Waals surface area contributed by atoms with Crippen LogP contribution in [0.4, 0.5) is 5.69 Å². The van der Waals surface area contributed by atoms with Gasteiger partial charge in [-0.25, -0.2) is 10.4 Å². The van der Waals surface area contributed by atoms with Crippen LogP contribution in [0.15, 0.2) is 104 Å². The fourth-order valence-electron chi connectivity index (χ4n) is 6.39. The summed E-state index contributed by atoms with van der Waals surface area (Å²) in [5.41, 5.74) is 16.5. The third-order valence-electron chi connectivity index (χ3n) is 9.27. The van der Waals surface area contributed by atoms with E-state index in [1.807, 2.05) is 91.1 Å². The van der Waals surface area contributed by atoms with Gasteiger partial charge in [0.2, 0.25) is 23.6 Å². The molecule has 300 valence electrons. The van der Waals surface area contributed by atoms with Crippen molar-refractivity contribution in [2.75, 3.05) is 18.4 Å². The summed E-state index contributed by atoms with van der Waals surface area (Å²) in [5.74, 6) is -1.90. The molecule has 0 saturated heterocycles. The van der Waals surface area contributed by atoms with Crippen LogP contribution in [0.25, 0.3) is 10.9 Å². The van der Waals surface area contributed by atoms with Crippen molar-refractivity contribution in [2.24, 2.45) is 5.73 Å². The van der Waals surface area contributed by atoms with Gasteiger partial charge in [-0.2, -0.15) is 0 Å². The predicted octanol–water partition coefficient (Wildman–Crippen LogP) is 2.50. The van der Waals surface area contributed by atoms with Crippen molar-refractivity contribution >= 4 is 57.5 Å². The average Bonchev–Trinajstić information content (AvgIpc) is 3.88. The number of thiocarbonyl (C=S) groups is 1. The predicted molar refractivity (Wildman–Crippen MR) is 225 cm³/mol. The summed E-state index contributed by atoms with van der Waals surface area (Å²) in [5, 5.41) is 16.1. The van der Waals surface area contributed by atoms with E-state index < -0.39 is 47.8 Å². The molecule has 0 spiro atoms. The zero-order valence-corrected chi connectivity index (χ0v) is 32.7. The molecule has 11 N–H and O–H groups in total. The minimum atomic E-state index is -1.08. The fourth-order valence-corrected chi connectivity index (χ4v) is 6.58. The van der Waals surface area contributed by atoms with E-state index in [2.05, 4.69) is 52.4 Å². The van der Waals surface area contributed by atoms with Crippen molar-refractivity contribution in [2.45, 2.75) is 69.6 Å². The van der Waals surface area contributed by atoms with E-state index in [0.29, 0.717) is 43.0 Å². The number of fused-ring (bicyclic) bond motifs is 1. The van der Waals surface area contributed by atoms with E-state index in [1.54, 1.807) is 6.20 Å². The quantitative estimate of drug-likeness (QED) is 0.0297. The number of imidazole rings is 1. The Hall–Kier alpha value is -6.10. The number of hydrogen-bond donors (Lipinski definition) is 10. The highest BCUT2D eigenvalue weighted by Gasteiger charge is 2.30. The summed E-state index contributed by atoms with van der Waals surface area (Å²) in [6.45, 7) is 2.02. The number of hydrazine groups is 1. The standard InChI is InChI=1S/C41H51N11O4S/c1-27(53)47-37(22-32-25-43-26-45-32)40(56)51-36(20-28-12-4-2-5-13-28)39(55)50-35(18-10-11-19-46-52-41(57)49-30-14-6-3-7-15-30)38(54)48-31(23-42)21-29-24-44-34-17-9-8-16-33(29)34/h2-9,12-17,24-26,31,35-37,44,46H,10-11,18-23,42H2,1H3,(H,43,45)(H,47,53)(H,48,54)(H,50,55)(H,51,56)(H2,49,52,57)/t31-,35-,36+,37-/m0/s1. The maximum atomic E-state index is 14.2. The molecule has 0 fully saturated rings. The van der Waals surface area contributed by atoms with Crippen molar-refractivity contribution in [3.05, 3.63) is 120 Å². The maximum absolute atomic E-state index is 14.2. The van der Waals surface area contributed by atoms with Crippen LogP contribution in [-0.2, 0) is 38.4 Å². The summed E-state index contributed by atoms with van der Waals surface area (Å²) in [7, 11) is 0. The summed E-state index contributed by atoms with van der Waals surface area (Å²) in [6.07, 6.45) is 7.22. The van der Waals surface area contributed by atoms with Gasteiger partial charge in [-0.1, -0.05) is 66.7 Å². The molecule has 15 nitrogen and oxygen atoms in total. The number of aromatic amines is 2. The average molecular weight is 794 g/mol. The molecule has 5 rings (SSSR count). The van der Waals surface area contributed by atoms with E-state index >= 15 is 0 Å². The SMILES string of the molecule is CC(=O)N[C@@H](Cc1cnc[nH]1)C(=O)N[C@H](Cc1ccccc1)C(=O)N[C@@H](CCCCNNC(=S)Nc1ccccc1)C(=O)N[C@H](CN)Cc1c[nH]c2ccccc12. The number of nitrogens with one attached hydrogen (secondary N) is 9. The van der Waals surface area contributed by atoms with E-state index in [9.17, 15) is 19.2 Å². The lowest BCUT2D eigenvalue weighted by Crippen LogP contribution is -2.58. The Kier molecular flexibility index (Phi) is 16.1. The lowest BCUT2D eigenvalue weighted by molar-refractivity contribution is -0.133. The molecule has 0 radical (unpaired) electrons. The molecule has 0 aliphatic rings. The Labute approximate surface area is 337 Å². The van der Waals surface area contributed by atoms with Crippen LogP contribution < -0.4 is 43.2 Å². The zero-order valence-electron chi connectivity index (χ0n) is 31.8. The van der Waals surface area contributed by atoms with Gasteiger partial charge in [0, 0.05) is 73.6 Å². The molecule has 2 heterocycles. The van der Waals surface area contributed by atoms with Gasteiger partial charge < -0.3 is 42.3 Å². The number of anilines is 1. The summed E-state index contributed by atoms with van der Waals surface area (Å²) >= 11 is 5.37. The van der Waals surface area contributed by atoms with Gasteiger partial charge in [0.1, 0.15) is 18.1 Å². The first kappa shape index (κ1) is 42.1. The molecule has 0 unspecified atom stereocenters. The first-order valence-corrected chi connectivity index (χ1v) is 19.4. The number of amides is 4. The minimum absolute atomic E-state index is 0.128. The van der Waals surface area contributed by atoms with E-state index in [0.717, 1.165) is 27.7 Å². The summed E-state index contributed by atoms with van der Waals surface area (Å²) < 4.78 is 0. The molecular weight excluding hydrogens is 743 g/mol. The number of aromatic nitrogens is 3. The Morgan fingerprint density at radius 2 is 1.42 bits per heavy atom. The summed E-state index contributed by atoms with van der Waals surface area (Å²) in [6, 6.07) is 23.3. The first-order chi connectivity index (χ1) is 27.7. The van der Waals surface area contributed by atoms with Gasteiger partial charge in [-0.15, -0.1) is 0 Å². The minimum Gasteiger partial charge on any atom is -0.361 e. The van der Waals surface area contributed by atoms with E-state index in [-0.39, 0.29) is 19.4 Å². The monoisotopic (exact) mass is 793 g/mol. The second-order valence-electron chi connectivity index (χ2n) is 13.7. The van der Waals surface area contributed by atoms with Crippen LogP contribution in [0, 0.1) is 0 Å². The smallest absolute Gasteiger partial charge is 0.243 e. The number of rotatable bonds is 21. The van der Waals surface area contributed by atoms with Crippen molar-refractivity contribution in [1.29, 1.82) is 0 Å². The van der Waals surface area contributed by atoms with E-state index in [4.69, 9.17) is 18.0 Å². The number of carbonyl (C=O) groups excluding carboxylic acids is 4. The molecule has 16 heteroatoms. The van der Waals surface area contributed by atoms with E-state index in [1.165, 1.54) is 13.3 Å². The molecule has 57 heavy (non-hydrogen) atoms. The van der Waals surface area contributed by atoms with Crippen molar-refractivity contribution in [3.63, 3.8) is 0 Å². The van der Waals surface area contributed by atoms with Crippen LogP contribution in [0.1, 0.15) is 43.0 Å². The normalized spacial score (nSPS) is 13.1. The van der Waals surface area contributed by atoms with Gasteiger partial charge in [-0.05, 0) is 67.2 Å². The van der Waals surface area contributed by atoms with Gasteiger partial charge in [0.05, 0.1) is 6.33 Å². The number of benzene rings is 3. The third-order valence-corrected chi connectivity index (χ3v) is 9.48. The highest BCUT2D eigenvalue weighted by Crippen LogP contribution is 2.19. The van der Waals surface area contributed by atoms with Crippen LogP contribution in [0.3, 0.4) is 0 Å². The number of H-pyrrole nitrogens is 2. The van der Waals surface area contributed by atoms with Crippen LogP contribution in [0.5, 0.6) is 0 Å². The Balaban J connectivity index is 1.27. The number of nitrogens with two attached hydrogens (primary N) is 1. The highest BCUT2D eigenvalue weighted by molar-refractivity contribution is 7.80. The van der Waals surface area contributed by atoms with Gasteiger partial charge in [0.25, 0.3) is 0 Å². The Bertz CT molecular complexity index is 2040. The van der Waals surface area contributed by atoms with Gasteiger partial charge in [0.15, 0.2) is 5.11 Å². The molecule has 4 atom stereocenters. The Morgan fingerprint density at radius 1 is 0.754 bits per heavy atom. The molecule has 0 bridgehead atoms. The fraction of sp³-hybridized carbons (Fsp3) is 0.317. The molecule has 3 aromatic carbocycles. The summed E-state index contributed by atoms with van der Waals surface area (Å²) in [4.78, 5) is 64.3. The molecular formula is C41H51N11O4S. The van der Waals surface area contributed by atoms with Crippen molar-refractivity contribution in [3.8, 4) is 0 Å². The van der Waals surface area contributed by atoms with Gasteiger partial charge in [-0.3, -0.25) is 24.6 Å². The Morgan fingerprint density at radius 3 is 2.12 bits per heavy atom. The number of carbonyl (C=O) groups is 4. The first-order valence-electron chi connectivity index (χ1n) is 19.0. The number of para-hydroxylation sites is 2. The third kappa shape index (κ3) is 13.6. The zero-order chi connectivity index (χ0) is 40.4. The molecule has 0 aliphatic heterocycles. The number of unbranched alkanes of at least 4 members (excludes halogenated alkanes) is 1. The second-order valence-corrected chi connectivity index (χ2v) is 14.1. The topological polar surface area (TPSA) is 223 Å². The van der Waals surface area contributed by atoms with Crippen LogP contribution >= 0.6 is 12.2 Å². The van der Waals surface area contributed by atoms with Crippen LogP contribution in [0.2, 0.25) is 0 Å². The number of hydrogen-bond acceptors (Lipinski definition) is 8. The molecule has 2 aromatic heterocycles. The number of nitrogens with zero attached hydrogens (tertiary/aromatic N) is 1. The van der Waals surface area contributed by atoms with Crippen molar-refractivity contribution < 1.29 is 19.2 Å². The lowest BCUT2D eigenvalue weighted by atomic mass is 10.0. The van der Waals surface area contributed by atoms with Crippen molar-refractivity contribution in [1.82, 2.24) is 47.1 Å². The van der Waals surface area contributed by atoms with Gasteiger partial charge >= 0.3 is 0 Å². The molecule has 0 aliphatic carbocycles. The highest BCUT2D eigenvalue weighted by atomic mass is 32.1. The van der Waals surface area contributed by atoms with Crippen LogP contribution in [-0.4, -0.2) is 80.9 Å². The largest absolute Gasteiger partial charge is 0.361 e. The lowest BCUT2D eigenvalue weighted by Gasteiger charge is -2.26.